The molecule has 1 amide bonds. The van der Waals surface area contributed by atoms with Crippen molar-refractivity contribution in [3.05, 3.63) is 81.0 Å². The van der Waals surface area contributed by atoms with Gasteiger partial charge in [-0.15, -0.1) is 0 Å². The second-order valence-corrected chi connectivity index (χ2v) is 9.07. The molecule has 0 radical (unpaired) electrons. The first-order valence-corrected chi connectivity index (χ1v) is 12.1. The van der Waals surface area contributed by atoms with Crippen molar-refractivity contribution in [3.8, 4) is 5.69 Å². The lowest BCUT2D eigenvalue weighted by atomic mass is 10.2. The summed E-state index contributed by atoms with van der Waals surface area (Å²) < 4.78 is 4.83. The number of amides is 1. The predicted molar refractivity (Wildman–Crippen MR) is 136 cm³/mol. The molecule has 9 heteroatoms. The second-order valence-electron chi connectivity index (χ2n) is 7.90. The topological polar surface area (TPSA) is 90.9 Å². The smallest absolute Gasteiger partial charge is 0.295 e. The van der Waals surface area contributed by atoms with Gasteiger partial charge in [-0.25, -0.2) is 9.67 Å². The summed E-state index contributed by atoms with van der Waals surface area (Å²) in [6, 6.07) is 16.5. The van der Waals surface area contributed by atoms with E-state index < -0.39 is 5.25 Å². The maximum Gasteiger partial charge on any atom is 0.295 e. The van der Waals surface area contributed by atoms with E-state index >= 15 is 0 Å². The zero-order chi connectivity index (χ0) is 24.4. The minimum Gasteiger partial charge on any atom is -0.319 e. The van der Waals surface area contributed by atoms with Gasteiger partial charge in [-0.2, -0.15) is 0 Å². The van der Waals surface area contributed by atoms with Crippen LogP contribution in [0.15, 0.2) is 69.3 Å². The Labute approximate surface area is 201 Å². The molecule has 4 aromatic rings. The van der Waals surface area contributed by atoms with Crippen molar-refractivity contribution < 1.29 is 4.79 Å². The molecule has 2 aromatic carbocycles. The Morgan fingerprint density at radius 3 is 2.38 bits per heavy atom. The number of thioether (sulfide) groups is 1. The van der Waals surface area contributed by atoms with E-state index in [4.69, 9.17) is 0 Å². The number of anilines is 1. The van der Waals surface area contributed by atoms with Gasteiger partial charge >= 0.3 is 0 Å². The summed E-state index contributed by atoms with van der Waals surface area (Å²) in [6.07, 6.45) is 0.502. The molecular weight excluding hydrogens is 450 g/mol. The molecule has 1 unspecified atom stereocenters. The molecule has 0 saturated heterocycles. The van der Waals surface area contributed by atoms with Gasteiger partial charge in [-0.3, -0.25) is 23.6 Å². The number of carbonyl (C=O) groups is 1. The average Bonchev–Trinajstić information content (AvgIpc) is 3.06. The first-order valence-electron chi connectivity index (χ1n) is 11.2. The second kappa shape index (κ2) is 9.72. The molecule has 0 aliphatic rings. The molecule has 0 saturated carbocycles. The van der Waals surface area contributed by atoms with Crippen LogP contribution in [-0.2, 0) is 18.4 Å². The lowest BCUT2D eigenvalue weighted by Crippen LogP contribution is -2.30. The molecule has 0 aliphatic heterocycles. The number of nitrogens with one attached hydrogen (secondary N) is 1. The number of fused-ring (bicyclic) bond motifs is 1. The van der Waals surface area contributed by atoms with Crippen molar-refractivity contribution in [1.82, 2.24) is 18.9 Å². The van der Waals surface area contributed by atoms with Gasteiger partial charge in [0.25, 0.3) is 11.1 Å². The summed E-state index contributed by atoms with van der Waals surface area (Å²) in [4.78, 5) is 44.0. The third kappa shape index (κ3) is 4.19. The Morgan fingerprint density at radius 1 is 1.03 bits per heavy atom. The highest BCUT2D eigenvalue weighted by Gasteiger charge is 2.25. The Bertz CT molecular complexity index is 1470. The van der Waals surface area contributed by atoms with E-state index in [-0.39, 0.29) is 22.7 Å². The summed E-state index contributed by atoms with van der Waals surface area (Å²) in [6.45, 7) is 6.01. The van der Waals surface area contributed by atoms with Gasteiger partial charge in [-0.05, 0) is 44.5 Å². The van der Waals surface area contributed by atoms with Crippen molar-refractivity contribution in [3.63, 3.8) is 0 Å². The fraction of sp³-hybridized carbons (Fsp3) is 0.280. The van der Waals surface area contributed by atoms with Crippen LogP contribution in [0.5, 0.6) is 0 Å². The summed E-state index contributed by atoms with van der Waals surface area (Å²) >= 11 is 1.24. The van der Waals surface area contributed by atoms with Gasteiger partial charge in [0.1, 0.15) is 5.69 Å². The molecular formula is C25H27N5O3S. The van der Waals surface area contributed by atoms with Crippen molar-refractivity contribution >= 4 is 34.3 Å². The minimum atomic E-state index is -0.532. The number of benzene rings is 2. The number of rotatable bonds is 7. The number of hydrogen-bond donors (Lipinski definition) is 1. The predicted octanol–water partition coefficient (Wildman–Crippen LogP) is 3.72. The van der Waals surface area contributed by atoms with Gasteiger partial charge in [0.2, 0.25) is 5.91 Å². The normalized spacial score (nSPS) is 12.1. The zero-order valence-corrected chi connectivity index (χ0v) is 20.4. The number of aromatic nitrogens is 4. The first kappa shape index (κ1) is 23.6. The SMILES string of the molecule is CCC(Sc1nc2ccccc2c(=O)n1CC)C(=O)Nc1c(C)n(C)n(-c2ccccc2)c1=O. The molecule has 0 fully saturated rings. The first-order chi connectivity index (χ1) is 16.4. The zero-order valence-electron chi connectivity index (χ0n) is 19.6. The maximum absolute atomic E-state index is 13.3. The van der Waals surface area contributed by atoms with Crippen LogP contribution >= 0.6 is 11.8 Å². The van der Waals surface area contributed by atoms with Crippen LogP contribution in [0.4, 0.5) is 5.69 Å². The van der Waals surface area contributed by atoms with Gasteiger partial charge in [0.15, 0.2) is 5.16 Å². The van der Waals surface area contributed by atoms with Crippen molar-refractivity contribution in [2.75, 3.05) is 5.32 Å². The molecule has 2 aromatic heterocycles. The summed E-state index contributed by atoms with van der Waals surface area (Å²) in [5.41, 5.74) is 1.78. The highest BCUT2D eigenvalue weighted by Crippen LogP contribution is 2.26. The monoisotopic (exact) mass is 477 g/mol. The van der Waals surface area contributed by atoms with Crippen LogP contribution < -0.4 is 16.4 Å². The number of nitrogens with zero attached hydrogens (tertiary/aromatic N) is 4. The number of carbonyl (C=O) groups excluding carboxylic acids is 1. The van der Waals surface area contributed by atoms with Crippen molar-refractivity contribution in [2.45, 2.75) is 44.1 Å². The largest absolute Gasteiger partial charge is 0.319 e. The Kier molecular flexibility index (Phi) is 6.74. The van der Waals surface area contributed by atoms with Gasteiger partial charge in [0, 0.05) is 13.6 Å². The Balaban J connectivity index is 1.66. The summed E-state index contributed by atoms with van der Waals surface area (Å²) in [5.74, 6) is -0.302. The number of para-hydroxylation sites is 2. The molecule has 0 aliphatic carbocycles. The fourth-order valence-corrected chi connectivity index (χ4v) is 4.96. The Hall–Kier alpha value is -3.59. The molecule has 4 rings (SSSR count). The highest BCUT2D eigenvalue weighted by molar-refractivity contribution is 8.00. The standard InChI is InChI=1S/C25H27N5O3S/c1-5-20(34-25-26-19-15-11-10-14-18(19)23(32)29(25)6-2)22(31)27-21-16(3)28(4)30(24(21)33)17-12-8-7-9-13-17/h7-15,20H,5-6H2,1-4H3,(H,27,31). The molecule has 1 atom stereocenters. The quantitative estimate of drug-likeness (QED) is 0.324. The summed E-state index contributed by atoms with van der Waals surface area (Å²) in [7, 11) is 1.78. The summed E-state index contributed by atoms with van der Waals surface area (Å²) in [5, 5.41) is 3.34. The molecule has 0 bridgehead atoms. The van der Waals surface area contributed by atoms with E-state index in [9.17, 15) is 14.4 Å². The van der Waals surface area contributed by atoms with E-state index in [0.29, 0.717) is 40.4 Å². The van der Waals surface area contributed by atoms with E-state index in [0.717, 1.165) is 0 Å². The minimum absolute atomic E-state index is 0.129. The van der Waals surface area contributed by atoms with E-state index in [1.165, 1.54) is 16.4 Å². The highest BCUT2D eigenvalue weighted by atomic mass is 32.2. The maximum atomic E-state index is 13.3. The van der Waals surface area contributed by atoms with Crippen LogP contribution in [-0.4, -0.2) is 30.1 Å². The van der Waals surface area contributed by atoms with E-state index in [1.807, 2.05) is 56.3 Å². The van der Waals surface area contributed by atoms with Gasteiger partial charge < -0.3 is 5.32 Å². The van der Waals surface area contributed by atoms with Crippen molar-refractivity contribution in [1.29, 1.82) is 0 Å². The average molecular weight is 478 g/mol. The van der Waals surface area contributed by atoms with Crippen molar-refractivity contribution in [2.24, 2.45) is 7.05 Å². The van der Waals surface area contributed by atoms with Crippen LogP contribution in [0.2, 0.25) is 0 Å². The van der Waals surface area contributed by atoms with Crippen LogP contribution in [0.3, 0.4) is 0 Å². The van der Waals surface area contributed by atoms with Crippen LogP contribution in [0.25, 0.3) is 16.6 Å². The Morgan fingerprint density at radius 2 is 1.71 bits per heavy atom. The lowest BCUT2D eigenvalue weighted by molar-refractivity contribution is -0.115. The lowest BCUT2D eigenvalue weighted by Gasteiger charge is -2.17. The third-order valence-electron chi connectivity index (χ3n) is 5.86. The van der Waals surface area contributed by atoms with Crippen LogP contribution in [0.1, 0.15) is 26.0 Å². The molecule has 176 valence electrons. The van der Waals surface area contributed by atoms with Gasteiger partial charge in [0.05, 0.1) is 27.5 Å². The third-order valence-corrected chi connectivity index (χ3v) is 7.21. The molecule has 0 spiro atoms. The van der Waals surface area contributed by atoms with Crippen LogP contribution in [0, 0.1) is 6.92 Å². The fourth-order valence-electron chi connectivity index (χ4n) is 3.88. The molecule has 34 heavy (non-hydrogen) atoms. The van der Waals surface area contributed by atoms with E-state index in [2.05, 4.69) is 10.3 Å². The molecule has 2 heterocycles. The van der Waals surface area contributed by atoms with Gasteiger partial charge in [-0.1, -0.05) is 49.0 Å². The molecule has 1 N–H and O–H groups in total. The molecule has 8 nitrogen and oxygen atoms in total. The number of hydrogen-bond acceptors (Lipinski definition) is 5. The van der Waals surface area contributed by atoms with E-state index in [1.54, 1.807) is 35.4 Å².